The second-order valence-electron chi connectivity index (χ2n) is 6.45. The highest BCUT2D eigenvalue weighted by molar-refractivity contribution is 9.10. The monoisotopic (exact) mass is 403 g/mol. The molecule has 0 spiro atoms. The number of carbonyl (C=O) groups excluding carboxylic acids is 1. The van der Waals surface area contributed by atoms with Crippen molar-refractivity contribution in [2.24, 2.45) is 5.92 Å². The molecular weight excluding hydrogens is 382 g/mol. The fraction of sp³-hybridized carbons (Fsp3) is 0.300. The Morgan fingerprint density at radius 1 is 1.08 bits per heavy atom. The first kappa shape index (κ1) is 19.2. The van der Waals surface area contributed by atoms with Crippen molar-refractivity contribution >= 4 is 33.5 Å². The lowest BCUT2D eigenvalue weighted by Gasteiger charge is -2.14. The van der Waals surface area contributed by atoms with Gasteiger partial charge in [0, 0.05) is 16.6 Å². The summed E-state index contributed by atoms with van der Waals surface area (Å²) >= 11 is 3.42. The fourth-order valence-electron chi connectivity index (χ4n) is 2.82. The van der Waals surface area contributed by atoms with Crippen LogP contribution in [0.5, 0.6) is 0 Å². The number of carboxylic acid groups (broad SMARTS) is 1. The van der Waals surface area contributed by atoms with E-state index in [0.717, 1.165) is 26.7 Å². The van der Waals surface area contributed by atoms with E-state index in [1.54, 1.807) is 6.07 Å². The summed E-state index contributed by atoms with van der Waals surface area (Å²) in [6.45, 7) is 5.92. The Labute approximate surface area is 156 Å². The zero-order valence-electron chi connectivity index (χ0n) is 14.6. The number of rotatable bonds is 6. The lowest BCUT2D eigenvalue weighted by Crippen LogP contribution is -2.24. The third-order valence-electron chi connectivity index (χ3n) is 4.00. The number of amides is 1. The molecule has 2 aromatic carbocycles. The first-order valence-electron chi connectivity index (χ1n) is 8.10. The Bertz CT molecular complexity index is 781. The van der Waals surface area contributed by atoms with E-state index in [9.17, 15) is 14.7 Å². The van der Waals surface area contributed by atoms with Gasteiger partial charge in [0.05, 0.1) is 5.92 Å². The van der Waals surface area contributed by atoms with Crippen LogP contribution in [0, 0.1) is 26.7 Å². The number of hydrogen-bond donors (Lipinski definition) is 2. The van der Waals surface area contributed by atoms with E-state index < -0.39 is 11.9 Å². The van der Waals surface area contributed by atoms with Crippen LogP contribution in [0.25, 0.3) is 0 Å². The highest BCUT2D eigenvalue weighted by Gasteiger charge is 2.22. The average Bonchev–Trinajstić information content (AvgIpc) is 2.49. The van der Waals surface area contributed by atoms with E-state index in [2.05, 4.69) is 21.2 Å². The number of aryl methyl sites for hydroxylation is 3. The highest BCUT2D eigenvalue weighted by atomic mass is 79.9. The van der Waals surface area contributed by atoms with Gasteiger partial charge in [-0.25, -0.2) is 0 Å². The van der Waals surface area contributed by atoms with E-state index in [1.807, 2.05) is 51.1 Å². The molecule has 0 heterocycles. The molecule has 1 atom stereocenters. The van der Waals surface area contributed by atoms with Gasteiger partial charge in [0.25, 0.3) is 0 Å². The summed E-state index contributed by atoms with van der Waals surface area (Å²) in [7, 11) is 0. The number of anilines is 1. The number of benzene rings is 2. The van der Waals surface area contributed by atoms with Gasteiger partial charge >= 0.3 is 5.97 Å². The Balaban J connectivity index is 2.06. The molecule has 2 rings (SSSR count). The van der Waals surface area contributed by atoms with Crippen molar-refractivity contribution in [3.8, 4) is 0 Å². The molecule has 2 aromatic rings. The van der Waals surface area contributed by atoms with E-state index in [-0.39, 0.29) is 12.3 Å². The summed E-state index contributed by atoms with van der Waals surface area (Å²) in [5.74, 6) is -2.01. The standard InChI is InChI=1S/C20H22BrNO3/c1-12-6-13(2)8-15(7-12)9-16(20(24)25)10-19(23)22-17-5-4-14(3)18(21)11-17/h4-8,11,16H,9-10H2,1-3H3,(H,22,23)(H,24,25). The summed E-state index contributed by atoms with van der Waals surface area (Å²) in [5.41, 5.74) is 4.84. The maximum atomic E-state index is 12.3. The lowest BCUT2D eigenvalue weighted by molar-refractivity contribution is -0.143. The summed E-state index contributed by atoms with van der Waals surface area (Å²) < 4.78 is 0.898. The number of halogens is 1. The first-order valence-corrected chi connectivity index (χ1v) is 8.90. The maximum absolute atomic E-state index is 12.3. The molecule has 0 aliphatic rings. The van der Waals surface area contributed by atoms with Gasteiger partial charge in [0.15, 0.2) is 0 Å². The van der Waals surface area contributed by atoms with E-state index in [1.165, 1.54) is 0 Å². The van der Waals surface area contributed by atoms with Crippen LogP contribution in [0.3, 0.4) is 0 Å². The van der Waals surface area contributed by atoms with Crippen molar-refractivity contribution in [1.29, 1.82) is 0 Å². The molecule has 0 saturated carbocycles. The quantitative estimate of drug-likeness (QED) is 0.737. The van der Waals surface area contributed by atoms with E-state index >= 15 is 0 Å². The van der Waals surface area contributed by atoms with Crippen LogP contribution < -0.4 is 5.32 Å². The van der Waals surface area contributed by atoms with Gasteiger partial charge in [-0.1, -0.05) is 51.3 Å². The SMILES string of the molecule is Cc1cc(C)cc(CC(CC(=O)Nc2ccc(C)c(Br)c2)C(=O)O)c1. The van der Waals surface area contributed by atoms with Crippen LogP contribution in [0.4, 0.5) is 5.69 Å². The lowest BCUT2D eigenvalue weighted by atomic mass is 9.94. The van der Waals surface area contributed by atoms with Gasteiger partial charge in [-0.2, -0.15) is 0 Å². The zero-order chi connectivity index (χ0) is 18.6. The Kier molecular flexibility index (Phi) is 6.37. The molecule has 0 saturated heterocycles. The molecule has 0 aromatic heterocycles. The van der Waals surface area contributed by atoms with Crippen LogP contribution in [0.15, 0.2) is 40.9 Å². The topological polar surface area (TPSA) is 66.4 Å². The Morgan fingerprint density at radius 3 is 2.28 bits per heavy atom. The minimum absolute atomic E-state index is 0.0617. The van der Waals surface area contributed by atoms with Crippen molar-refractivity contribution in [3.05, 3.63) is 63.1 Å². The predicted molar refractivity (Wildman–Crippen MR) is 103 cm³/mol. The molecule has 132 valence electrons. The third-order valence-corrected chi connectivity index (χ3v) is 4.85. The first-order chi connectivity index (χ1) is 11.7. The smallest absolute Gasteiger partial charge is 0.307 e. The van der Waals surface area contributed by atoms with Gasteiger partial charge in [0.2, 0.25) is 5.91 Å². The van der Waals surface area contributed by atoms with Crippen LogP contribution in [-0.4, -0.2) is 17.0 Å². The van der Waals surface area contributed by atoms with Crippen molar-refractivity contribution in [2.45, 2.75) is 33.6 Å². The second kappa shape index (κ2) is 8.30. The summed E-state index contributed by atoms with van der Waals surface area (Å²) in [6.07, 6.45) is 0.274. The molecule has 0 aliphatic carbocycles. The molecule has 25 heavy (non-hydrogen) atoms. The molecule has 0 fully saturated rings. The number of carboxylic acids is 1. The second-order valence-corrected chi connectivity index (χ2v) is 7.31. The van der Waals surface area contributed by atoms with Crippen LogP contribution in [0.2, 0.25) is 0 Å². The molecule has 0 aliphatic heterocycles. The zero-order valence-corrected chi connectivity index (χ0v) is 16.2. The number of hydrogen-bond acceptors (Lipinski definition) is 2. The van der Waals surface area contributed by atoms with Crippen molar-refractivity contribution in [2.75, 3.05) is 5.32 Å². The normalized spacial score (nSPS) is 11.8. The third kappa shape index (κ3) is 5.71. The van der Waals surface area contributed by atoms with Gasteiger partial charge < -0.3 is 10.4 Å². The molecule has 1 unspecified atom stereocenters. The average molecular weight is 404 g/mol. The molecule has 5 heteroatoms. The predicted octanol–water partition coefficient (Wildman–Crippen LogP) is 4.65. The van der Waals surface area contributed by atoms with Gasteiger partial charge in [-0.05, 0) is 50.5 Å². The van der Waals surface area contributed by atoms with Gasteiger partial charge in [-0.3, -0.25) is 9.59 Å². The number of nitrogens with one attached hydrogen (secondary N) is 1. The molecule has 2 N–H and O–H groups in total. The van der Waals surface area contributed by atoms with Gasteiger partial charge in [0.1, 0.15) is 0 Å². The van der Waals surface area contributed by atoms with Crippen LogP contribution in [-0.2, 0) is 16.0 Å². The van der Waals surface area contributed by atoms with Crippen LogP contribution >= 0.6 is 15.9 Å². The van der Waals surface area contributed by atoms with E-state index in [4.69, 9.17) is 0 Å². The van der Waals surface area contributed by atoms with Crippen LogP contribution in [0.1, 0.15) is 28.7 Å². The molecule has 0 radical (unpaired) electrons. The van der Waals surface area contributed by atoms with Crippen molar-refractivity contribution in [3.63, 3.8) is 0 Å². The molecule has 4 nitrogen and oxygen atoms in total. The Hall–Kier alpha value is -2.14. The summed E-state index contributed by atoms with van der Waals surface area (Å²) in [4.78, 5) is 23.8. The van der Waals surface area contributed by atoms with Crippen molar-refractivity contribution < 1.29 is 14.7 Å². The van der Waals surface area contributed by atoms with Crippen molar-refractivity contribution in [1.82, 2.24) is 0 Å². The molecule has 1 amide bonds. The Morgan fingerprint density at radius 2 is 1.72 bits per heavy atom. The summed E-state index contributed by atoms with van der Waals surface area (Å²) in [5, 5.41) is 12.3. The number of carbonyl (C=O) groups is 2. The highest BCUT2D eigenvalue weighted by Crippen LogP contribution is 2.22. The minimum Gasteiger partial charge on any atom is -0.481 e. The molecule has 0 bridgehead atoms. The fourth-order valence-corrected chi connectivity index (χ4v) is 3.20. The summed E-state index contributed by atoms with van der Waals surface area (Å²) in [6, 6.07) is 11.5. The minimum atomic E-state index is -0.959. The largest absolute Gasteiger partial charge is 0.481 e. The van der Waals surface area contributed by atoms with E-state index in [0.29, 0.717) is 12.1 Å². The maximum Gasteiger partial charge on any atom is 0.307 e. The number of aliphatic carboxylic acids is 1. The van der Waals surface area contributed by atoms with Gasteiger partial charge in [-0.15, -0.1) is 0 Å². The molecular formula is C20H22BrNO3.